The van der Waals surface area contributed by atoms with Crippen molar-refractivity contribution in [1.82, 2.24) is 29.5 Å². The van der Waals surface area contributed by atoms with Gasteiger partial charge in [-0.2, -0.15) is 9.40 Å². The number of carbonyl (C=O) groups is 1. The molecule has 0 bridgehead atoms. The molecule has 1 saturated heterocycles. The molecule has 0 aliphatic carbocycles. The average molecular weight is 298 g/mol. The van der Waals surface area contributed by atoms with Gasteiger partial charge in [0.1, 0.15) is 0 Å². The third kappa shape index (κ3) is 1.96. The third-order valence-electron chi connectivity index (χ3n) is 3.03. The highest BCUT2D eigenvalue weighted by atomic mass is 32.2. The van der Waals surface area contributed by atoms with Crippen molar-refractivity contribution < 1.29 is 18.3 Å². The van der Waals surface area contributed by atoms with Crippen molar-refractivity contribution in [1.29, 1.82) is 0 Å². The molecule has 0 radical (unpaired) electrons. The second kappa shape index (κ2) is 4.38. The SMILES string of the molecule is O=C(O)c1cn(C2CN(S(=O)(=O)c3ccn[nH]3)C2)nn1. The van der Waals surface area contributed by atoms with E-state index in [9.17, 15) is 13.2 Å². The van der Waals surface area contributed by atoms with Gasteiger partial charge in [-0.15, -0.1) is 5.10 Å². The summed E-state index contributed by atoms with van der Waals surface area (Å²) in [5.74, 6) is -1.17. The van der Waals surface area contributed by atoms with Crippen LogP contribution in [0.2, 0.25) is 0 Å². The van der Waals surface area contributed by atoms with Crippen LogP contribution in [0, 0.1) is 0 Å². The minimum atomic E-state index is -3.57. The molecule has 2 N–H and O–H groups in total. The summed E-state index contributed by atoms with van der Waals surface area (Å²) in [5.41, 5.74) is -0.167. The average Bonchev–Trinajstić information content (AvgIpc) is 2.97. The zero-order chi connectivity index (χ0) is 14.3. The second-order valence-electron chi connectivity index (χ2n) is 4.29. The maximum Gasteiger partial charge on any atom is 0.358 e. The molecule has 0 atom stereocenters. The van der Waals surface area contributed by atoms with Gasteiger partial charge in [0.25, 0.3) is 10.0 Å². The summed E-state index contributed by atoms with van der Waals surface area (Å²) < 4.78 is 26.8. The van der Waals surface area contributed by atoms with Gasteiger partial charge >= 0.3 is 5.97 Å². The van der Waals surface area contributed by atoms with Gasteiger partial charge in [-0.3, -0.25) is 5.10 Å². The van der Waals surface area contributed by atoms with Crippen LogP contribution < -0.4 is 0 Å². The molecule has 11 heteroatoms. The number of H-pyrrole nitrogens is 1. The zero-order valence-electron chi connectivity index (χ0n) is 10.0. The number of aromatic amines is 1. The molecule has 0 aromatic carbocycles. The molecular weight excluding hydrogens is 288 g/mol. The Labute approximate surface area is 113 Å². The predicted octanol–water partition coefficient (Wildman–Crippen LogP) is -1.06. The number of nitrogens with one attached hydrogen (secondary N) is 1. The fraction of sp³-hybridized carbons (Fsp3) is 0.333. The van der Waals surface area contributed by atoms with E-state index in [0.29, 0.717) is 0 Å². The molecule has 0 spiro atoms. The summed E-state index contributed by atoms with van der Waals surface area (Å²) in [7, 11) is -3.57. The Morgan fingerprint density at radius 1 is 1.45 bits per heavy atom. The molecule has 0 unspecified atom stereocenters. The van der Waals surface area contributed by atoms with Gasteiger partial charge in [-0.05, 0) is 6.07 Å². The molecular formula is C9H10N6O4S. The van der Waals surface area contributed by atoms with Crippen molar-refractivity contribution in [2.75, 3.05) is 13.1 Å². The number of aromatic carboxylic acids is 1. The van der Waals surface area contributed by atoms with Gasteiger partial charge in [-0.25, -0.2) is 17.9 Å². The molecule has 3 rings (SSSR count). The van der Waals surface area contributed by atoms with Crippen molar-refractivity contribution in [3.63, 3.8) is 0 Å². The molecule has 0 amide bonds. The van der Waals surface area contributed by atoms with E-state index in [1.807, 2.05) is 0 Å². The summed E-state index contributed by atoms with van der Waals surface area (Å²) in [6.07, 6.45) is 2.65. The highest BCUT2D eigenvalue weighted by Crippen LogP contribution is 2.26. The third-order valence-corrected chi connectivity index (χ3v) is 4.79. The minimum absolute atomic E-state index is 0.0285. The number of aromatic nitrogens is 5. The number of sulfonamides is 1. The van der Waals surface area contributed by atoms with Gasteiger partial charge < -0.3 is 5.11 Å². The van der Waals surface area contributed by atoms with E-state index in [0.717, 1.165) is 0 Å². The van der Waals surface area contributed by atoms with Crippen molar-refractivity contribution in [3.05, 3.63) is 24.2 Å². The Hall–Kier alpha value is -2.27. The van der Waals surface area contributed by atoms with Crippen LogP contribution in [-0.2, 0) is 10.0 Å². The molecule has 1 aliphatic rings. The summed E-state index contributed by atoms with van der Waals surface area (Å²) >= 11 is 0. The highest BCUT2D eigenvalue weighted by Gasteiger charge is 2.39. The molecule has 106 valence electrons. The smallest absolute Gasteiger partial charge is 0.358 e. The summed E-state index contributed by atoms with van der Waals surface area (Å²) in [6, 6.07) is 1.16. The Morgan fingerprint density at radius 3 is 2.75 bits per heavy atom. The maximum absolute atomic E-state index is 12.1. The fourth-order valence-electron chi connectivity index (χ4n) is 1.86. The van der Waals surface area contributed by atoms with Crippen LogP contribution >= 0.6 is 0 Å². The zero-order valence-corrected chi connectivity index (χ0v) is 10.9. The lowest BCUT2D eigenvalue weighted by Gasteiger charge is -2.37. The Morgan fingerprint density at radius 2 is 2.20 bits per heavy atom. The fourth-order valence-corrected chi connectivity index (χ4v) is 3.27. The molecule has 0 saturated carbocycles. The first-order valence-corrected chi connectivity index (χ1v) is 7.07. The quantitative estimate of drug-likeness (QED) is 0.735. The number of hydrogen-bond acceptors (Lipinski definition) is 6. The lowest BCUT2D eigenvalue weighted by atomic mass is 10.2. The van der Waals surface area contributed by atoms with E-state index < -0.39 is 16.0 Å². The van der Waals surface area contributed by atoms with Crippen LogP contribution in [-0.4, -0.2) is 62.1 Å². The van der Waals surface area contributed by atoms with Gasteiger partial charge in [0.2, 0.25) is 0 Å². The molecule has 2 aromatic rings. The maximum atomic E-state index is 12.1. The van der Waals surface area contributed by atoms with Crippen molar-refractivity contribution in [2.24, 2.45) is 0 Å². The number of carboxylic acid groups (broad SMARTS) is 1. The number of hydrogen-bond donors (Lipinski definition) is 2. The first-order valence-electron chi connectivity index (χ1n) is 5.63. The van der Waals surface area contributed by atoms with E-state index in [4.69, 9.17) is 5.11 Å². The Kier molecular flexibility index (Phi) is 2.79. The van der Waals surface area contributed by atoms with Gasteiger partial charge in [-0.1, -0.05) is 5.21 Å². The lowest BCUT2D eigenvalue weighted by molar-refractivity contribution is 0.0690. The normalized spacial score (nSPS) is 17.0. The standard InChI is InChI=1S/C9H10N6O4S/c16-9(17)7-5-15(13-11-7)6-3-14(4-6)20(18,19)8-1-2-10-12-8/h1-2,5-6H,3-4H2,(H,10,12)(H,16,17). The van der Waals surface area contributed by atoms with Gasteiger partial charge in [0.05, 0.1) is 18.4 Å². The Balaban J connectivity index is 1.71. The molecule has 3 heterocycles. The van der Waals surface area contributed by atoms with Crippen molar-refractivity contribution in [2.45, 2.75) is 11.1 Å². The van der Waals surface area contributed by atoms with E-state index in [-0.39, 0.29) is 29.9 Å². The van der Waals surface area contributed by atoms with E-state index in [1.54, 1.807) is 0 Å². The summed E-state index contributed by atoms with van der Waals surface area (Å²) in [5, 5.41) is 22.0. The second-order valence-corrected chi connectivity index (χ2v) is 6.19. The molecule has 10 nitrogen and oxygen atoms in total. The van der Waals surface area contributed by atoms with Crippen LogP contribution in [0.4, 0.5) is 0 Å². The predicted molar refractivity (Wildman–Crippen MR) is 63.4 cm³/mol. The van der Waals surface area contributed by atoms with Crippen LogP contribution in [0.1, 0.15) is 16.5 Å². The van der Waals surface area contributed by atoms with E-state index in [1.165, 1.54) is 27.4 Å². The highest BCUT2D eigenvalue weighted by molar-refractivity contribution is 7.89. The molecule has 2 aromatic heterocycles. The van der Waals surface area contributed by atoms with E-state index >= 15 is 0 Å². The van der Waals surface area contributed by atoms with Gasteiger partial charge in [0.15, 0.2) is 10.7 Å². The van der Waals surface area contributed by atoms with Gasteiger partial charge in [0, 0.05) is 13.1 Å². The van der Waals surface area contributed by atoms with Crippen LogP contribution in [0.5, 0.6) is 0 Å². The lowest BCUT2D eigenvalue weighted by Crippen LogP contribution is -2.50. The van der Waals surface area contributed by atoms with Crippen molar-refractivity contribution in [3.8, 4) is 0 Å². The molecule has 1 fully saturated rings. The first-order chi connectivity index (χ1) is 9.48. The molecule has 20 heavy (non-hydrogen) atoms. The first kappa shape index (κ1) is 12.7. The number of carboxylic acids is 1. The number of rotatable bonds is 4. The van der Waals surface area contributed by atoms with Crippen molar-refractivity contribution >= 4 is 16.0 Å². The summed E-state index contributed by atoms with van der Waals surface area (Å²) in [4.78, 5) is 10.7. The van der Waals surface area contributed by atoms with Crippen LogP contribution in [0.25, 0.3) is 0 Å². The summed E-state index contributed by atoms with van der Waals surface area (Å²) in [6.45, 7) is 0.424. The monoisotopic (exact) mass is 298 g/mol. The van der Waals surface area contributed by atoms with Crippen LogP contribution in [0.15, 0.2) is 23.5 Å². The molecule has 1 aliphatic heterocycles. The number of nitrogens with zero attached hydrogens (tertiary/aromatic N) is 5. The topological polar surface area (TPSA) is 134 Å². The minimum Gasteiger partial charge on any atom is -0.476 e. The van der Waals surface area contributed by atoms with E-state index in [2.05, 4.69) is 20.5 Å². The Bertz CT molecular complexity index is 730. The largest absolute Gasteiger partial charge is 0.476 e. The van der Waals surface area contributed by atoms with Crippen LogP contribution in [0.3, 0.4) is 0 Å².